The third-order valence-electron chi connectivity index (χ3n) is 4.38. The van der Waals surface area contributed by atoms with Gasteiger partial charge in [0.2, 0.25) is 10.0 Å². The molecular weight excluding hydrogens is 392 g/mol. The normalized spacial score (nSPS) is 11.3. The summed E-state index contributed by atoms with van der Waals surface area (Å²) in [5, 5.41) is 2.62. The summed E-state index contributed by atoms with van der Waals surface area (Å²) >= 11 is 0. The Balaban J connectivity index is 2.02. The van der Waals surface area contributed by atoms with Crippen LogP contribution >= 0.6 is 0 Å². The molecule has 1 amide bonds. The first kappa shape index (κ1) is 22.6. The molecule has 0 aliphatic carbocycles. The molecule has 0 spiro atoms. The van der Waals surface area contributed by atoms with Crippen molar-refractivity contribution < 1.29 is 22.7 Å². The fraction of sp³-hybridized carbons (Fsp3) is 0.333. The Morgan fingerprint density at radius 2 is 1.69 bits per heavy atom. The van der Waals surface area contributed by atoms with E-state index < -0.39 is 28.5 Å². The van der Waals surface area contributed by atoms with Gasteiger partial charge in [-0.15, -0.1) is 0 Å². The van der Waals surface area contributed by atoms with Gasteiger partial charge in [0.1, 0.15) is 0 Å². The number of esters is 1. The highest BCUT2D eigenvalue weighted by Gasteiger charge is 2.22. The summed E-state index contributed by atoms with van der Waals surface area (Å²) in [6, 6.07) is 13.6. The number of ether oxygens (including phenoxy) is 1. The fourth-order valence-electron chi connectivity index (χ4n) is 2.75. The molecule has 0 aliphatic rings. The second kappa shape index (κ2) is 10.2. The maximum Gasteiger partial charge on any atom is 0.310 e. The number of hydrogen-bond donors (Lipinski definition) is 1. The van der Waals surface area contributed by atoms with Gasteiger partial charge in [0.25, 0.3) is 5.91 Å². The van der Waals surface area contributed by atoms with E-state index in [1.807, 2.05) is 18.2 Å². The fourth-order valence-corrected chi connectivity index (χ4v) is 4.24. The van der Waals surface area contributed by atoms with Crippen LogP contribution in [-0.2, 0) is 30.8 Å². The average molecular weight is 419 g/mol. The zero-order valence-corrected chi connectivity index (χ0v) is 17.7. The molecule has 1 N–H and O–H groups in total. The minimum absolute atomic E-state index is 0.0742. The predicted molar refractivity (Wildman–Crippen MR) is 111 cm³/mol. The minimum Gasteiger partial charge on any atom is -0.455 e. The van der Waals surface area contributed by atoms with Gasteiger partial charge < -0.3 is 10.1 Å². The molecule has 156 valence electrons. The summed E-state index contributed by atoms with van der Waals surface area (Å²) in [6.07, 6.45) is 0.0742. The van der Waals surface area contributed by atoms with Gasteiger partial charge in [-0.05, 0) is 30.2 Å². The van der Waals surface area contributed by atoms with Crippen LogP contribution in [0.3, 0.4) is 0 Å². The Kier molecular flexibility index (Phi) is 7.92. The summed E-state index contributed by atoms with van der Waals surface area (Å²) in [5.74, 6) is -1.05. The van der Waals surface area contributed by atoms with Crippen molar-refractivity contribution >= 4 is 27.6 Å². The van der Waals surface area contributed by atoms with E-state index in [2.05, 4.69) is 5.32 Å². The molecular formula is C21H26N2O5S. The Morgan fingerprint density at radius 1 is 1.03 bits per heavy atom. The molecule has 0 saturated carbocycles. The number of carbonyl (C=O) groups is 2. The van der Waals surface area contributed by atoms with E-state index in [4.69, 9.17) is 4.74 Å². The monoisotopic (exact) mass is 418 g/mol. The summed E-state index contributed by atoms with van der Waals surface area (Å²) < 4.78 is 31.7. The number of anilines is 1. The second-order valence-corrected chi connectivity index (χ2v) is 8.38. The number of benzene rings is 2. The van der Waals surface area contributed by atoms with E-state index in [1.54, 1.807) is 39.0 Å². The largest absolute Gasteiger partial charge is 0.455 e. The molecule has 0 aromatic heterocycles. The van der Waals surface area contributed by atoms with E-state index in [0.29, 0.717) is 24.3 Å². The van der Waals surface area contributed by atoms with Crippen LogP contribution in [0.25, 0.3) is 0 Å². The number of carbonyl (C=O) groups excluding carboxylic acids is 2. The van der Waals surface area contributed by atoms with Crippen LogP contribution in [0.1, 0.15) is 25.0 Å². The van der Waals surface area contributed by atoms with E-state index in [1.165, 1.54) is 16.4 Å². The molecule has 0 aliphatic heterocycles. The lowest BCUT2D eigenvalue weighted by Gasteiger charge is -2.19. The molecule has 7 nitrogen and oxygen atoms in total. The van der Waals surface area contributed by atoms with Gasteiger partial charge in [-0.3, -0.25) is 9.59 Å². The number of nitrogens with one attached hydrogen (secondary N) is 1. The van der Waals surface area contributed by atoms with Gasteiger partial charge in [-0.1, -0.05) is 50.2 Å². The van der Waals surface area contributed by atoms with E-state index in [-0.39, 0.29) is 11.3 Å². The first-order chi connectivity index (χ1) is 13.8. The molecule has 0 heterocycles. The zero-order chi connectivity index (χ0) is 21.4. The highest BCUT2D eigenvalue weighted by Crippen LogP contribution is 2.23. The number of rotatable bonds is 9. The minimum atomic E-state index is -3.64. The Hall–Kier alpha value is -2.71. The van der Waals surface area contributed by atoms with E-state index in [9.17, 15) is 18.0 Å². The van der Waals surface area contributed by atoms with Crippen LogP contribution in [-0.4, -0.2) is 44.3 Å². The molecule has 8 heteroatoms. The standard InChI is InChI=1S/C21H26N2O5S/c1-4-23(5-2)29(26,27)18-12-11-16(3)19(14-18)22-20(24)15-28-21(25)13-17-9-7-6-8-10-17/h6-12,14H,4-5,13,15H2,1-3H3,(H,22,24). The molecule has 0 saturated heterocycles. The van der Waals surface area contributed by atoms with Gasteiger partial charge >= 0.3 is 5.97 Å². The van der Waals surface area contributed by atoms with Crippen molar-refractivity contribution in [1.29, 1.82) is 0 Å². The third kappa shape index (κ3) is 6.13. The van der Waals surface area contributed by atoms with Crippen LogP contribution in [0.4, 0.5) is 5.69 Å². The van der Waals surface area contributed by atoms with Crippen molar-refractivity contribution in [1.82, 2.24) is 4.31 Å². The maximum atomic E-state index is 12.7. The lowest BCUT2D eigenvalue weighted by atomic mass is 10.2. The molecule has 0 radical (unpaired) electrons. The van der Waals surface area contributed by atoms with Crippen molar-refractivity contribution in [3.05, 3.63) is 59.7 Å². The van der Waals surface area contributed by atoms with Crippen molar-refractivity contribution in [3.63, 3.8) is 0 Å². The smallest absolute Gasteiger partial charge is 0.310 e. The molecule has 2 rings (SSSR count). The maximum absolute atomic E-state index is 12.7. The molecule has 0 bridgehead atoms. The lowest BCUT2D eigenvalue weighted by molar-refractivity contribution is -0.146. The SMILES string of the molecule is CCN(CC)S(=O)(=O)c1ccc(C)c(NC(=O)COC(=O)Cc2ccccc2)c1. The first-order valence-electron chi connectivity index (χ1n) is 9.38. The number of aryl methyl sites for hydroxylation is 1. The van der Waals surface area contributed by atoms with E-state index in [0.717, 1.165) is 5.56 Å². The molecule has 29 heavy (non-hydrogen) atoms. The van der Waals surface area contributed by atoms with Crippen LogP contribution in [0.5, 0.6) is 0 Å². The van der Waals surface area contributed by atoms with Crippen LogP contribution in [0.2, 0.25) is 0 Å². The zero-order valence-electron chi connectivity index (χ0n) is 16.8. The number of nitrogens with zero attached hydrogens (tertiary/aromatic N) is 1. The number of hydrogen-bond acceptors (Lipinski definition) is 5. The highest BCUT2D eigenvalue weighted by atomic mass is 32.2. The van der Waals surface area contributed by atoms with Gasteiger partial charge in [0, 0.05) is 18.8 Å². The van der Waals surface area contributed by atoms with Crippen molar-refractivity contribution in [2.75, 3.05) is 25.0 Å². The van der Waals surface area contributed by atoms with Gasteiger partial charge in [-0.25, -0.2) is 8.42 Å². The van der Waals surface area contributed by atoms with Gasteiger partial charge in [-0.2, -0.15) is 4.31 Å². The summed E-state index contributed by atoms with van der Waals surface area (Å²) in [5.41, 5.74) is 1.86. The Bertz CT molecular complexity index is 954. The molecule has 2 aromatic rings. The molecule has 0 atom stereocenters. The van der Waals surface area contributed by atoms with E-state index >= 15 is 0 Å². The molecule has 0 fully saturated rings. The predicted octanol–water partition coefficient (Wildman–Crippen LogP) is 2.75. The van der Waals surface area contributed by atoms with Crippen LogP contribution in [0.15, 0.2) is 53.4 Å². The van der Waals surface area contributed by atoms with Crippen LogP contribution < -0.4 is 5.32 Å². The van der Waals surface area contributed by atoms with Crippen molar-refractivity contribution in [3.8, 4) is 0 Å². The molecule has 2 aromatic carbocycles. The topological polar surface area (TPSA) is 92.8 Å². The summed E-state index contributed by atoms with van der Waals surface area (Å²) in [6.45, 7) is 5.55. The van der Waals surface area contributed by atoms with Crippen LogP contribution in [0, 0.1) is 6.92 Å². The van der Waals surface area contributed by atoms with Gasteiger partial charge in [0.15, 0.2) is 6.61 Å². The van der Waals surface area contributed by atoms with Crippen molar-refractivity contribution in [2.45, 2.75) is 32.1 Å². The average Bonchev–Trinajstić information content (AvgIpc) is 2.69. The first-order valence-corrected chi connectivity index (χ1v) is 10.8. The highest BCUT2D eigenvalue weighted by molar-refractivity contribution is 7.89. The Morgan fingerprint density at radius 3 is 2.31 bits per heavy atom. The lowest BCUT2D eigenvalue weighted by Crippen LogP contribution is -2.30. The van der Waals surface area contributed by atoms with Crippen molar-refractivity contribution in [2.24, 2.45) is 0 Å². The molecule has 0 unspecified atom stereocenters. The summed E-state index contributed by atoms with van der Waals surface area (Å²) in [4.78, 5) is 24.2. The van der Waals surface area contributed by atoms with Gasteiger partial charge in [0.05, 0.1) is 11.3 Å². The Labute approximate surface area is 171 Å². The third-order valence-corrected chi connectivity index (χ3v) is 6.43. The summed E-state index contributed by atoms with van der Waals surface area (Å²) in [7, 11) is -3.64. The quantitative estimate of drug-likeness (QED) is 0.632. The number of amides is 1. The number of sulfonamides is 1. The second-order valence-electron chi connectivity index (χ2n) is 6.44.